The van der Waals surface area contributed by atoms with Gasteiger partial charge in [-0.05, 0) is 18.2 Å². The molecule has 118 valence electrons. The van der Waals surface area contributed by atoms with Crippen LogP contribution >= 0.6 is 0 Å². The topological polar surface area (TPSA) is 128 Å². The van der Waals surface area contributed by atoms with E-state index < -0.39 is 23.7 Å². The van der Waals surface area contributed by atoms with Gasteiger partial charge in [-0.15, -0.1) is 0 Å². The zero-order chi connectivity index (χ0) is 16.3. The van der Waals surface area contributed by atoms with Crippen molar-refractivity contribution in [3.05, 3.63) is 24.0 Å². The molecule has 0 radical (unpaired) electrons. The number of nitrogens with one attached hydrogen (secondary N) is 1. The second kappa shape index (κ2) is 6.50. The molecular formula is C13H15FN4O4. The number of amides is 3. The highest BCUT2D eigenvalue weighted by atomic mass is 19.1. The number of nitrogens with two attached hydrogens (primary N) is 2. The van der Waals surface area contributed by atoms with Crippen molar-refractivity contribution in [3.8, 4) is 0 Å². The van der Waals surface area contributed by atoms with Gasteiger partial charge in [-0.3, -0.25) is 14.4 Å². The van der Waals surface area contributed by atoms with Gasteiger partial charge in [0.05, 0.1) is 12.3 Å². The highest BCUT2D eigenvalue weighted by Crippen LogP contribution is 2.24. The number of nitrogens with zero attached hydrogens (tertiary/aromatic N) is 1. The van der Waals surface area contributed by atoms with Crippen LogP contribution in [0.5, 0.6) is 0 Å². The minimum Gasteiger partial charge on any atom is -0.370 e. The van der Waals surface area contributed by atoms with Gasteiger partial charge in [0.2, 0.25) is 5.91 Å². The molecule has 5 N–H and O–H groups in total. The van der Waals surface area contributed by atoms with Gasteiger partial charge in [0, 0.05) is 12.2 Å². The lowest BCUT2D eigenvalue weighted by Gasteiger charge is -2.27. The van der Waals surface area contributed by atoms with E-state index in [1.165, 1.54) is 17.0 Å². The third kappa shape index (κ3) is 3.38. The van der Waals surface area contributed by atoms with Crippen molar-refractivity contribution in [2.24, 2.45) is 11.5 Å². The Hall–Kier alpha value is -2.52. The zero-order valence-electron chi connectivity index (χ0n) is 11.5. The Morgan fingerprint density at radius 3 is 2.73 bits per heavy atom. The molecule has 0 saturated carbocycles. The summed E-state index contributed by atoms with van der Waals surface area (Å²) in [4.78, 5) is 35.3. The van der Waals surface area contributed by atoms with Gasteiger partial charge in [0.15, 0.2) is 6.04 Å². The van der Waals surface area contributed by atoms with Gasteiger partial charge in [0.25, 0.3) is 11.8 Å². The number of carbonyl (C=O) groups is 3. The Morgan fingerprint density at radius 1 is 1.41 bits per heavy atom. The van der Waals surface area contributed by atoms with Crippen molar-refractivity contribution < 1.29 is 23.5 Å². The lowest BCUT2D eigenvalue weighted by molar-refractivity contribution is -0.127. The summed E-state index contributed by atoms with van der Waals surface area (Å²) in [5.74, 6) is -2.88. The van der Waals surface area contributed by atoms with Crippen LogP contribution in [0.4, 0.5) is 15.8 Å². The Kier molecular flexibility index (Phi) is 4.68. The molecule has 0 spiro atoms. The standard InChI is InChI=1S/C13H15FN4O4/c14-8-5-7(17-13(21)11(15)12(16)20)1-2-9(8)18-3-4-22-6-10(18)19/h1-2,5,11H,3-4,6,15H2,(H2,16,20)(H,17,21)/t11-/m0/s1. The van der Waals surface area contributed by atoms with Crippen LogP contribution < -0.4 is 21.7 Å². The number of rotatable bonds is 4. The molecule has 0 aromatic heterocycles. The van der Waals surface area contributed by atoms with Crippen LogP contribution in [0.25, 0.3) is 0 Å². The van der Waals surface area contributed by atoms with Crippen molar-refractivity contribution in [3.63, 3.8) is 0 Å². The molecule has 1 saturated heterocycles. The number of benzene rings is 1. The molecular weight excluding hydrogens is 295 g/mol. The fourth-order valence-corrected chi connectivity index (χ4v) is 1.93. The number of carbonyl (C=O) groups excluding carboxylic acids is 3. The van der Waals surface area contributed by atoms with Crippen LogP contribution in [0.3, 0.4) is 0 Å². The van der Waals surface area contributed by atoms with Gasteiger partial charge < -0.3 is 26.4 Å². The first-order valence-electron chi connectivity index (χ1n) is 6.43. The molecule has 22 heavy (non-hydrogen) atoms. The molecule has 8 nitrogen and oxygen atoms in total. The summed E-state index contributed by atoms with van der Waals surface area (Å²) in [6.45, 7) is 0.455. The van der Waals surface area contributed by atoms with Crippen molar-refractivity contribution in [2.45, 2.75) is 6.04 Å². The van der Waals surface area contributed by atoms with E-state index in [-0.39, 0.29) is 30.4 Å². The van der Waals surface area contributed by atoms with E-state index in [0.29, 0.717) is 6.61 Å². The molecule has 0 unspecified atom stereocenters. The lowest BCUT2D eigenvalue weighted by atomic mass is 10.2. The van der Waals surface area contributed by atoms with Gasteiger partial charge in [-0.25, -0.2) is 4.39 Å². The van der Waals surface area contributed by atoms with E-state index >= 15 is 0 Å². The summed E-state index contributed by atoms with van der Waals surface area (Å²) in [6.07, 6.45) is 0. The normalized spacial score (nSPS) is 16.3. The average molecular weight is 310 g/mol. The van der Waals surface area contributed by atoms with E-state index in [9.17, 15) is 18.8 Å². The highest BCUT2D eigenvalue weighted by Gasteiger charge is 2.24. The van der Waals surface area contributed by atoms with Crippen molar-refractivity contribution in [1.29, 1.82) is 0 Å². The molecule has 2 rings (SSSR count). The largest absolute Gasteiger partial charge is 0.370 e. The molecule has 1 aliphatic rings. The van der Waals surface area contributed by atoms with Gasteiger partial charge >= 0.3 is 0 Å². The molecule has 1 atom stereocenters. The van der Waals surface area contributed by atoms with Crippen LogP contribution in [0, 0.1) is 5.82 Å². The number of ether oxygens (including phenoxy) is 1. The first-order valence-corrected chi connectivity index (χ1v) is 6.43. The molecule has 3 amide bonds. The lowest BCUT2D eigenvalue weighted by Crippen LogP contribution is -2.46. The van der Waals surface area contributed by atoms with Crippen molar-refractivity contribution >= 4 is 29.1 Å². The quantitative estimate of drug-likeness (QED) is 0.611. The summed E-state index contributed by atoms with van der Waals surface area (Å²) in [6, 6.07) is 2.25. The van der Waals surface area contributed by atoms with Crippen LogP contribution in [-0.4, -0.2) is 43.5 Å². The SMILES string of the molecule is NC(=O)[C@H](N)C(=O)Nc1ccc(N2CCOCC2=O)c(F)c1. The third-order valence-electron chi connectivity index (χ3n) is 3.08. The molecule has 1 aromatic carbocycles. The van der Waals surface area contributed by atoms with Crippen molar-refractivity contribution in [1.82, 2.24) is 0 Å². The monoisotopic (exact) mass is 310 g/mol. The maximum atomic E-state index is 14.1. The van der Waals surface area contributed by atoms with E-state index in [1.807, 2.05) is 0 Å². The first kappa shape index (κ1) is 15.9. The predicted octanol–water partition coefficient (Wildman–Crippen LogP) is -1.06. The minimum absolute atomic E-state index is 0.0884. The number of hydrogen-bond donors (Lipinski definition) is 3. The first-order chi connectivity index (χ1) is 10.4. The average Bonchev–Trinajstić information content (AvgIpc) is 2.47. The highest BCUT2D eigenvalue weighted by molar-refractivity contribution is 6.09. The molecule has 9 heteroatoms. The smallest absolute Gasteiger partial charge is 0.253 e. The maximum absolute atomic E-state index is 14.1. The van der Waals surface area contributed by atoms with Crippen molar-refractivity contribution in [2.75, 3.05) is 30.0 Å². The second-order valence-corrected chi connectivity index (χ2v) is 4.63. The number of anilines is 2. The third-order valence-corrected chi connectivity index (χ3v) is 3.08. The molecule has 1 fully saturated rings. The molecule has 0 bridgehead atoms. The number of hydrogen-bond acceptors (Lipinski definition) is 5. The van der Waals surface area contributed by atoms with Crippen LogP contribution in [0.2, 0.25) is 0 Å². The summed E-state index contributed by atoms with van der Waals surface area (Å²) in [5, 5.41) is 2.27. The fourth-order valence-electron chi connectivity index (χ4n) is 1.93. The number of halogens is 1. The summed E-state index contributed by atoms with van der Waals surface area (Å²) in [5.41, 5.74) is 10.4. The Bertz CT molecular complexity index is 622. The molecule has 1 aliphatic heterocycles. The fraction of sp³-hybridized carbons (Fsp3) is 0.308. The predicted molar refractivity (Wildman–Crippen MR) is 75.4 cm³/mol. The van der Waals surface area contributed by atoms with Crippen LogP contribution in [-0.2, 0) is 19.1 Å². The summed E-state index contributed by atoms with van der Waals surface area (Å²) < 4.78 is 19.1. The molecule has 1 heterocycles. The summed E-state index contributed by atoms with van der Waals surface area (Å²) >= 11 is 0. The van der Waals surface area contributed by atoms with Crippen LogP contribution in [0.1, 0.15) is 0 Å². The Balaban J connectivity index is 2.14. The van der Waals surface area contributed by atoms with E-state index in [1.54, 1.807) is 0 Å². The molecule has 0 aliphatic carbocycles. The van der Waals surface area contributed by atoms with E-state index in [2.05, 4.69) is 5.32 Å². The van der Waals surface area contributed by atoms with E-state index in [0.717, 1.165) is 6.07 Å². The Morgan fingerprint density at radius 2 is 2.14 bits per heavy atom. The Labute approximate surface area is 125 Å². The molecule has 1 aromatic rings. The minimum atomic E-state index is -1.52. The summed E-state index contributed by atoms with van der Waals surface area (Å²) in [7, 11) is 0. The zero-order valence-corrected chi connectivity index (χ0v) is 11.5. The van der Waals surface area contributed by atoms with Gasteiger partial charge in [0.1, 0.15) is 12.4 Å². The number of morpholine rings is 1. The number of primary amides is 1. The van der Waals surface area contributed by atoms with Gasteiger partial charge in [-0.1, -0.05) is 0 Å². The second-order valence-electron chi connectivity index (χ2n) is 4.63. The maximum Gasteiger partial charge on any atom is 0.253 e. The van der Waals surface area contributed by atoms with E-state index in [4.69, 9.17) is 16.2 Å². The van der Waals surface area contributed by atoms with Crippen LogP contribution in [0.15, 0.2) is 18.2 Å². The van der Waals surface area contributed by atoms with Gasteiger partial charge in [-0.2, -0.15) is 0 Å².